The van der Waals surface area contributed by atoms with E-state index in [0.29, 0.717) is 5.11 Å². The molecule has 0 spiro atoms. The Morgan fingerprint density at radius 1 is 0.971 bits per heavy atom. The van der Waals surface area contributed by atoms with Crippen molar-refractivity contribution >= 4 is 23.0 Å². The SMILES string of the molecule is CCc1ccc(N2C(=S)N[C@@H](c3ccccn3)[C@H]2c2cc(C)n(-c3cccc(OC)c3)c2C)cc1. The number of methoxy groups -OCH3 is 1. The van der Waals surface area contributed by atoms with E-state index >= 15 is 0 Å². The van der Waals surface area contributed by atoms with Crippen LogP contribution < -0.4 is 15.0 Å². The quantitative estimate of drug-likeness (QED) is 0.330. The normalized spacial score (nSPS) is 17.5. The minimum Gasteiger partial charge on any atom is -0.497 e. The third-order valence-corrected chi connectivity index (χ3v) is 7.14. The van der Waals surface area contributed by atoms with Gasteiger partial charge >= 0.3 is 0 Å². The Balaban J connectivity index is 1.66. The first kappa shape index (κ1) is 23.1. The van der Waals surface area contributed by atoms with Crippen molar-refractivity contribution in [1.82, 2.24) is 14.9 Å². The van der Waals surface area contributed by atoms with Gasteiger partial charge in [-0.3, -0.25) is 4.98 Å². The Hall–Kier alpha value is -3.64. The first-order chi connectivity index (χ1) is 17.0. The minimum absolute atomic E-state index is 0.0459. The summed E-state index contributed by atoms with van der Waals surface area (Å²) < 4.78 is 7.77. The van der Waals surface area contributed by atoms with Gasteiger partial charge in [-0.1, -0.05) is 31.2 Å². The molecule has 0 saturated carbocycles. The van der Waals surface area contributed by atoms with Crippen molar-refractivity contribution in [3.05, 3.63) is 107 Å². The topological polar surface area (TPSA) is 42.3 Å². The number of hydrogen-bond donors (Lipinski definition) is 1. The van der Waals surface area contributed by atoms with E-state index in [1.807, 2.05) is 30.5 Å². The van der Waals surface area contributed by atoms with Gasteiger partial charge in [0.15, 0.2) is 5.11 Å². The van der Waals surface area contributed by atoms with E-state index in [1.54, 1.807) is 7.11 Å². The lowest BCUT2D eigenvalue weighted by atomic mass is 9.96. The van der Waals surface area contributed by atoms with E-state index in [1.165, 1.54) is 16.8 Å². The van der Waals surface area contributed by atoms with Crippen molar-refractivity contribution in [3.63, 3.8) is 0 Å². The molecule has 178 valence electrons. The van der Waals surface area contributed by atoms with Crippen LogP contribution in [0.1, 0.15) is 47.2 Å². The number of hydrogen-bond acceptors (Lipinski definition) is 3. The highest BCUT2D eigenvalue weighted by Gasteiger charge is 2.42. The number of thiocarbonyl (C=S) groups is 1. The van der Waals surface area contributed by atoms with Crippen LogP contribution in [-0.4, -0.2) is 21.8 Å². The molecule has 2 aromatic heterocycles. The highest BCUT2D eigenvalue weighted by Crippen LogP contribution is 2.43. The molecule has 1 fully saturated rings. The van der Waals surface area contributed by atoms with Gasteiger partial charge in [0.2, 0.25) is 0 Å². The Bertz CT molecular complexity index is 1350. The zero-order valence-electron chi connectivity index (χ0n) is 20.5. The lowest BCUT2D eigenvalue weighted by Crippen LogP contribution is -2.29. The van der Waals surface area contributed by atoms with Gasteiger partial charge in [-0.25, -0.2) is 0 Å². The second-order valence-electron chi connectivity index (χ2n) is 8.88. The summed E-state index contributed by atoms with van der Waals surface area (Å²) in [4.78, 5) is 6.94. The van der Waals surface area contributed by atoms with Crippen LogP contribution >= 0.6 is 12.2 Å². The predicted molar refractivity (Wildman–Crippen MR) is 146 cm³/mol. The summed E-state index contributed by atoms with van der Waals surface area (Å²) in [5.74, 6) is 0.837. The highest BCUT2D eigenvalue weighted by molar-refractivity contribution is 7.80. The van der Waals surface area contributed by atoms with Gasteiger partial charge in [0.1, 0.15) is 5.75 Å². The molecule has 35 heavy (non-hydrogen) atoms. The number of pyridine rings is 1. The Morgan fingerprint density at radius 3 is 2.46 bits per heavy atom. The summed E-state index contributed by atoms with van der Waals surface area (Å²) in [6.07, 6.45) is 2.85. The molecule has 0 bridgehead atoms. The summed E-state index contributed by atoms with van der Waals surface area (Å²) in [6, 6.07) is 25.1. The Labute approximate surface area is 212 Å². The molecule has 2 aromatic carbocycles. The van der Waals surface area contributed by atoms with Crippen LogP contribution in [0.2, 0.25) is 0 Å². The van der Waals surface area contributed by atoms with Gasteiger partial charge in [0, 0.05) is 35.0 Å². The monoisotopic (exact) mass is 482 g/mol. The molecule has 1 aliphatic rings. The minimum atomic E-state index is -0.0752. The standard InChI is InChI=1S/C29H30N4OS/c1-5-21-12-14-22(15-13-21)33-28(27(31-29(33)35)26-11-6-7-16-30-26)25-17-19(2)32(20(25)3)23-9-8-10-24(18-23)34-4/h6-18,27-28H,5H2,1-4H3,(H,31,35)/t27-,28+/m0/s1. The number of benzene rings is 2. The molecule has 1 aliphatic heterocycles. The van der Waals surface area contributed by atoms with Crippen LogP contribution in [-0.2, 0) is 6.42 Å². The van der Waals surface area contributed by atoms with Crippen molar-refractivity contribution in [2.24, 2.45) is 0 Å². The number of aryl methyl sites for hydroxylation is 2. The first-order valence-electron chi connectivity index (χ1n) is 11.9. The summed E-state index contributed by atoms with van der Waals surface area (Å²) >= 11 is 5.91. The fourth-order valence-electron chi connectivity index (χ4n) is 5.08. The molecule has 0 aliphatic carbocycles. The molecule has 0 radical (unpaired) electrons. The molecule has 6 heteroatoms. The number of aromatic nitrogens is 2. The molecular weight excluding hydrogens is 452 g/mol. The zero-order chi connectivity index (χ0) is 24.5. The number of anilines is 1. The van der Waals surface area contributed by atoms with Crippen molar-refractivity contribution < 1.29 is 4.74 Å². The molecule has 0 unspecified atom stereocenters. The number of nitrogens with zero attached hydrogens (tertiary/aromatic N) is 3. The Kier molecular flexibility index (Phi) is 6.31. The summed E-state index contributed by atoms with van der Waals surface area (Å²) in [5, 5.41) is 4.28. The van der Waals surface area contributed by atoms with Crippen molar-refractivity contribution in [3.8, 4) is 11.4 Å². The molecule has 3 heterocycles. The molecule has 0 amide bonds. The zero-order valence-corrected chi connectivity index (χ0v) is 21.3. The lowest BCUT2D eigenvalue weighted by molar-refractivity contribution is 0.414. The van der Waals surface area contributed by atoms with Crippen LogP contribution in [0, 0.1) is 13.8 Å². The molecular formula is C29H30N4OS. The largest absolute Gasteiger partial charge is 0.497 e. The summed E-state index contributed by atoms with van der Waals surface area (Å²) in [6.45, 7) is 6.49. The average molecular weight is 483 g/mol. The van der Waals surface area contributed by atoms with Gasteiger partial charge in [-0.15, -0.1) is 0 Å². The van der Waals surface area contributed by atoms with Gasteiger partial charge < -0.3 is 19.5 Å². The van der Waals surface area contributed by atoms with Crippen molar-refractivity contribution in [2.75, 3.05) is 12.0 Å². The van der Waals surface area contributed by atoms with Crippen LogP contribution in [0.15, 0.2) is 79.0 Å². The second kappa shape index (κ2) is 9.55. The molecule has 5 nitrogen and oxygen atoms in total. The van der Waals surface area contributed by atoms with E-state index in [-0.39, 0.29) is 12.1 Å². The fourth-order valence-corrected chi connectivity index (χ4v) is 5.42. The average Bonchev–Trinajstić information content (AvgIpc) is 3.39. The number of nitrogens with one attached hydrogen (secondary N) is 1. The second-order valence-corrected chi connectivity index (χ2v) is 9.27. The van der Waals surface area contributed by atoms with Crippen LogP contribution in [0.5, 0.6) is 5.75 Å². The van der Waals surface area contributed by atoms with Crippen molar-refractivity contribution in [1.29, 1.82) is 0 Å². The van der Waals surface area contributed by atoms with Gasteiger partial charge in [0.25, 0.3) is 0 Å². The predicted octanol–water partition coefficient (Wildman–Crippen LogP) is 6.24. The third kappa shape index (κ3) is 4.19. The molecule has 4 aromatic rings. The number of ether oxygens (including phenoxy) is 1. The van der Waals surface area contributed by atoms with Gasteiger partial charge in [-0.05, 0) is 86.1 Å². The highest BCUT2D eigenvalue weighted by atomic mass is 32.1. The lowest BCUT2D eigenvalue weighted by Gasteiger charge is -2.28. The van der Waals surface area contributed by atoms with E-state index in [2.05, 4.69) is 84.1 Å². The molecule has 1 N–H and O–H groups in total. The van der Waals surface area contributed by atoms with Crippen molar-refractivity contribution in [2.45, 2.75) is 39.3 Å². The fraction of sp³-hybridized carbons (Fsp3) is 0.241. The summed E-state index contributed by atoms with van der Waals surface area (Å²) in [7, 11) is 1.70. The van der Waals surface area contributed by atoms with Crippen LogP contribution in [0.25, 0.3) is 5.69 Å². The van der Waals surface area contributed by atoms with Crippen LogP contribution in [0.4, 0.5) is 5.69 Å². The first-order valence-corrected chi connectivity index (χ1v) is 12.4. The maximum atomic E-state index is 5.91. The molecule has 5 rings (SSSR count). The smallest absolute Gasteiger partial charge is 0.174 e. The van der Waals surface area contributed by atoms with Gasteiger partial charge in [0.05, 0.1) is 24.9 Å². The third-order valence-electron chi connectivity index (χ3n) is 6.82. The van der Waals surface area contributed by atoms with E-state index in [4.69, 9.17) is 21.9 Å². The van der Waals surface area contributed by atoms with E-state index in [0.717, 1.165) is 34.9 Å². The van der Waals surface area contributed by atoms with E-state index in [9.17, 15) is 0 Å². The molecule has 1 saturated heterocycles. The van der Waals surface area contributed by atoms with E-state index < -0.39 is 0 Å². The maximum absolute atomic E-state index is 5.91. The Morgan fingerprint density at radius 2 is 1.77 bits per heavy atom. The van der Waals surface area contributed by atoms with Gasteiger partial charge in [-0.2, -0.15) is 0 Å². The number of rotatable bonds is 6. The van der Waals surface area contributed by atoms with Crippen LogP contribution in [0.3, 0.4) is 0 Å². The maximum Gasteiger partial charge on any atom is 0.174 e. The summed E-state index contributed by atoms with van der Waals surface area (Å²) in [5.41, 5.74) is 7.97. The molecule has 2 atom stereocenters.